The van der Waals surface area contributed by atoms with Crippen LogP contribution < -0.4 is 0 Å². The highest BCUT2D eigenvalue weighted by atomic mass is 32.2. The summed E-state index contributed by atoms with van der Waals surface area (Å²) in [6.07, 6.45) is 2.70. The Balaban J connectivity index is 1.76. The van der Waals surface area contributed by atoms with Gasteiger partial charge in [0, 0.05) is 50.5 Å². The van der Waals surface area contributed by atoms with Gasteiger partial charge in [-0.2, -0.15) is 0 Å². The molecule has 1 atom stereocenters. The van der Waals surface area contributed by atoms with E-state index in [1.807, 2.05) is 31.0 Å². The van der Waals surface area contributed by atoms with Crippen LogP contribution in [-0.4, -0.2) is 70.4 Å². The number of amides is 1. The molecule has 158 valence electrons. The molecule has 0 aromatic heterocycles. The Morgan fingerprint density at radius 3 is 2.76 bits per heavy atom. The van der Waals surface area contributed by atoms with E-state index in [4.69, 9.17) is 17.0 Å². The van der Waals surface area contributed by atoms with Gasteiger partial charge in [-0.05, 0) is 19.4 Å². The first-order valence-electron chi connectivity index (χ1n) is 10.0. The molecule has 1 aromatic carbocycles. The van der Waals surface area contributed by atoms with Crippen molar-refractivity contribution in [2.75, 3.05) is 39.4 Å². The van der Waals surface area contributed by atoms with Gasteiger partial charge in [-0.3, -0.25) is 14.6 Å². The molecule has 2 saturated heterocycles. The molecule has 0 aliphatic carbocycles. The summed E-state index contributed by atoms with van der Waals surface area (Å²) in [7, 11) is 0. The molecule has 5 nitrogen and oxygen atoms in total. The minimum atomic E-state index is -0.232. The molecule has 0 N–H and O–H groups in total. The largest absolute Gasteiger partial charge is 0.379 e. The molecule has 1 aromatic rings. The molecule has 0 radical (unpaired) electrons. The minimum absolute atomic E-state index is 0.0562. The van der Waals surface area contributed by atoms with Gasteiger partial charge in [0.05, 0.1) is 18.1 Å². The summed E-state index contributed by atoms with van der Waals surface area (Å²) < 4.78 is 20.2. The van der Waals surface area contributed by atoms with Crippen molar-refractivity contribution in [3.8, 4) is 0 Å². The molecule has 2 heterocycles. The summed E-state index contributed by atoms with van der Waals surface area (Å²) in [5.41, 5.74) is 0.614. The van der Waals surface area contributed by atoms with Gasteiger partial charge < -0.3 is 9.64 Å². The second-order valence-electron chi connectivity index (χ2n) is 7.31. The molecule has 1 amide bonds. The summed E-state index contributed by atoms with van der Waals surface area (Å²) in [6.45, 7) is 9.24. The number of nitrogens with zero attached hydrogens (tertiary/aromatic N) is 3. The summed E-state index contributed by atoms with van der Waals surface area (Å²) in [4.78, 5) is 19.5. The fraction of sp³-hybridized carbons (Fsp3) is 0.524. The summed E-state index contributed by atoms with van der Waals surface area (Å²) in [5, 5.41) is 0. The van der Waals surface area contributed by atoms with Gasteiger partial charge >= 0.3 is 0 Å². The third-order valence-electron chi connectivity index (χ3n) is 5.29. The molecule has 8 heteroatoms. The topological polar surface area (TPSA) is 36.0 Å². The van der Waals surface area contributed by atoms with E-state index in [0.29, 0.717) is 27.9 Å². The highest BCUT2D eigenvalue weighted by Gasteiger charge is 2.35. The van der Waals surface area contributed by atoms with Gasteiger partial charge in [-0.1, -0.05) is 49.1 Å². The minimum Gasteiger partial charge on any atom is -0.379 e. The lowest BCUT2D eigenvalue weighted by molar-refractivity contribution is -0.123. The SMILES string of the molecule is CC[C@H](C)N1C(=O)/C(=C\N(CCN2CCOCC2)Cc2ccccc2F)SC1=S. The number of ether oxygens (including phenoxy) is 1. The van der Waals surface area contributed by atoms with E-state index in [9.17, 15) is 9.18 Å². The second-order valence-corrected chi connectivity index (χ2v) is 8.99. The van der Waals surface area contributed by atoms with Crippen molar-refractivity contribution in [3.05, 3.63) is 46.8 Å². The fourth-order valence-corrected chi connectivity index (χ4v) is 4.80. The van der Waals surface area contributed by atoms with E-state index in [2.05, 4.69) is 4.90 Å². The molecule has 2 aliphatic rings. The van der Waals surface area contributed by atoms with E-state index in [1.54, 1.807) is 17.0 Å². The molecule has 3 rings (SSSR count). The van der Waals surface area contributed by atoms with E-state index >= 15 is 0 Å². The van der Waals surface area contributed by atoms with Crippen LogP contribution >= 0.6 is 24.0 Å². The monoisotopic (exact) mass is 437 g/mol. The Hall–Kier alpha value is -1.48. The number of thioether (sulfide) groups is 1. The quantitative estimate of drug-likeness (QED) is 0.458. The zero-order chi connectivity index (χ0) is 20.8. The van der Waals surface area contributed by atoms with Gasteiger partial charge in [-0.15, -0.1) is 0 Å². The number of thiocarbonyl (C=S) groups is 1. The fourth-order valence-electron chi connectivity index (χ4n) is 3.33. The predicted octanol–water partition coefficient (Wildman–Crippen LogP) is 3.46. The van der Waals surface area contributed by atoms with Crippen LogP contribution in [0.4, 0.5) is 4.39 Å². The van der Waals surface area contributed by atoms with Crippen molar-refractivity contribution in [2.24, 2.45) is 0 Å². The molecule has 29 heavy (non-hydrogen) atoms. The lowest BCUT2D eigenvalue weighted by Gasteiger charge is -2.30. The van der Waals surface area contributed by atoms with Crippen molar-refractivity contribution in [1.29, 1.82) is 0 Å². The van der Waals surface area contributed by atoms with Crippen molar-refractivity contribution in [3.63, 3.8) is 0 Å². The average Bonchev–Trinajstić information content (AvgIpc) is 3.01. The van der Waals surface area contributed by atoms with Crippen molar-refractivity contribution >= 4 is 34.2 Å². The Morgan fingerprint density at radius 2 is 2.07 bits per heavy atom. The molecular weight excluding hydrogens is 409 g/mol. The molecule has 2 fully saturated rings. The van der Waals surface area contributed by atoms with Gasteiger partial charge in [0.25, 0.3) is 5.91 Å². The van der Waals surface area contributed by atoms with Crippen LogP contribution in [0.5, 0.6) is 0 Å². The van der Waals surface area contributed by atoms with Crippen LogP contribution in [0.1, 0.15) is 25.8 Å². The number of hydrogen-bond acceptors (Lipinski definition) is 6. The zero-order valence-corrected chi connectivity index (χ0v) is 18.6. The normalized spacial score (nSPS) is 20.5. The van der Waals surface area contributed by atoms with Crippen molar-refractivity contribution in [1.82, 2.24) is 14.7 Å². The van der Waals surface area contributed by atoms with Crippen LogP contribution in [0.2, 0.25) is 0 Å². The number of rotatable bonds is 8. The Bertz CT molecular complexity index is 768. The molecule has 2 aliphatic heterocycles. The smallest absolute Gasteiger partial charge is 0.267 e. The molecule has 0 saturated carbocycles. The first-order chi connectivity index (χ1) is 14.0. The van der Waals surface area contributed by atoms with Crippen LogP contribution in [-0.2, 0) is 16.1 Å². The highest BCUT2D eigenvalue weighted by molar-refractivity contribution is 8.26. The number of carbonyl (C=O) groups excluding carboxylic acids is 1. The van der Waals surface area contributed by atoms with Gasteiger partial charge in [0.2, 0.25) is 0 Å². The second kappa shape index (κ2) is 10.5. The molecular formula is C21H28FN3O2S2. The summed E-state index contributed by atoms with van der Waals surface area (Å²) >= 11 is 6.76. The third kappa shape index (κ3) is 5.78. The van der Waals surface area contributed by atoms with E-state index < -0.39 is 0 Å². The van der Waals surface area contributed by atoms with Crippen LogP contribution in [0.25, 0.3) is 0 Å². The van der Waals surface area contributed by atoms with Crippen LogP contribution in [0.15, 0.2) is 35.4 Å². The maximum absolute atomic E-state index is 14.2. The number of hydrogen-bond donors (Lipinski definition) is 0. The summed E-state index contributed by atoms with van der Waals surface area (Å²) in [6, 6.07) is 6.85. The van der Waals surface area contributed by atoms with Gasteiger partial charge in [0.15, 0.2) is 0 Å². The van der Waals surface area contributed by atoms with Gasteiger partial charge in [-0.25, -0.2) is 4.39 Å². The Labute approximate surface area is 181 Å². The lowest BCUT2D eigenvalue weighted by Crippen LogP contribution is -2.40. The average molecular weight is 438 g/mol. The number of carbonyl (C=O) groups is 1. The van der Waals surface area contributed by atoms with Crippen LogP contribution in [0.3, 0.4) is 0 Å². The number of morpholine rings is 1. The highest BCUT2D eigenvalue weighted by Crippen LogP contribution is 2.33. The first-order valence-corrected chi connectivity index (χ1v) is 11.3. The van der Waals surface area contributed by atoms with E-state index in [1.165, 1.54) is 17.8 Å². The van der Waals surface area contributed by atoms with E-state index in [-0.39, 0.29) is 17.8 Å². The van der Waals surface area contributed by atoms with Crippen LogP contribution in [0, 0.1) is 5.82 Å². The summed E-state index contributed by atoms with van der Waals surface area (Å²) in [5.74, 6) is -0.288. The van der Waals surface area contributed by atoms with Gasteiger partial charge in [0.1, 0.15) is 10.1 Å². The molecule has 0 bridgehead atoms. The number of halogens is 1. The zero-order valence-electron chi connectivity index (χ0n) is 17.0. The maximum Gasteiger partial charge on any atom is 0.267 e. The van der Waals surface area contributed by atoms with Crippen molar-refractivity contribution < 1.29 is 13.9 Å². The predicted molar refractivity (Wildman–Crippen MR) is 119 cm³/mol. The Kier molecular flexibility index (Phi) is 8.06. The van der Waals surface area contributed by atoms with E-state index in [0.717, 1.165) is 39.3 Å². The molecule has 0 unspecified atom stereocenters. The first kappa shape index (κ1) is 22.2. The molecule has 0 spiro atoms. The Morgan fingerprint density at radius 1 is 1.34 bits per heavy atom. The number of benzene rings is 1. The lowest BCUT2D eigenvalue weighted by atomic mass is 10.2. The third-order valence-corrected chi connectivity index (χ3v) is 6.61. The maximum atomic E-state index is 14.2. The van der Waals surface area contributed by atoms with Crippen molar-refractivity contribution in [2.45, 2.75) is 32.9 Å². The standard InChI is InChI=1S/C21H28FN3O2S2/c1-3-16(2)25-20(26)19(29-21(25)28)15-24(9-8-23-10-12-27-13-11-23)14-17-6-4-5-7-18(17)22/h4-7,15-16H,3,8-14H2,1-2H3/b19-15+/t16-/m0/s1.